The molecule has 5 nitrogen and oxygen atoms in total. The number of anilines is 1. The van der Waals surface area contributed by atoms with E-state index in [1.54, 1.807) is 6.07 Å². The van der Waals surface area contributed by atoms with Crippen molar-refractivity contribution in [2.24, 2.45) is 5.92 Å². The van der Waals surface area contributed by atoms with Gasteiger partial charge in [0.2, 0.25) is 0 Å². The van der Waals surface area contributed by atoms with Crippen LogP contribution in [0.2, 0.25) is 0 Å². The number of benzene rings is 1. The molecule has 1 heterocycles. The Balaban J connectivity index is 2.01. The van der Waals surface area contributed by atoms with E-state index in [4.69, 9.17) is 5.73 Å². The standard InChI is InChI=1S/C14H18FN5/c1-9-4-2-3-5-13(9)20-14(17-18-19-20)11-7-6-10(15)8-12(11)16/h6-9,13H,2-5,16H2,1H3. The Morgan fingerprint density at radius 1 is 1.30 bits per heavy atom. The predicted molar refractivity (Wildman–Crippen MR) is 74.3 cm³/mol. The van der Waals surface area contributed by atoms with Gasteiger partial charge >= 0.3 is 0 Å². The zero-order chi connectivity index (χ0) is 14.1. The lowest BCUT2D eigenvalue weighted by Crippen LogP contribution is -2.23. The Morgan fingerprint density at radius 3 is 2.85 bits per heavy atom. The van der Waals surface area contributed by atoms with Crippen molar-refractivity contribution in [1.82, 2.24) is 20.2 Å². The van der Waals surface area contributed by atoms with E-state index in [2.05, 4.69) is 22.4 Å². The average molecular weight is 275 g/mol. The molecule has 0 bridgehead atoms. The van der Waals surface area contributed by atoms with Crippen molar-refractivity contribution in [3.8, 4) is 11.4 Å². The average Bonchev–Trinajstić information content (AvgIpc) is 2.88. The van der Waals surface area contributed by atoms with Crippen LogP contribution in [0.1, 0.15) is 38.6 Å². The molecule has 6 heteroatoms. The Kier molecular flexibility index (Phi) is 3.38. The first-order valence-corrected chi connectivity index (χ1v) is 7.00. The summed E-state index contributed by atoms with van der Waals surface area (Å²) in [6.07, 6.45) is 4.70. The molecule has 2 atom stereocenters. The number of nitrogen functional groups attached to an aromatic ring is 1. The van der Waals surface area contributed by atoms with Gasteiger partial charge in [0.05, 0.1) is 6.04 Å². The van der Waals surface area contributed by atoms with Crippen molar-refractivity contribution in [3.63, 3.8) is 0 Å². The zero-order valence-electron chi connectivity index (χ0n) is 11.5. The minimum Gasteiger partial charge on any atom is -0.398 e. The predicted octanol–water partition coefficient (Wildman–Crippen LogP) is 2.81. The van der Waals surface area contributed by atoms with Crippen LogP contribution >= 0.6 is 0 Å². The van der Waals surface area contributed by atoms with E-state index < -0.39 is 0 Å². The fourth-order valence-electron chi connectivity index (χ4n) is 2.99. The summed E-state index contributed by atoms with van der Waals surface area (Å²) in [6.45, 7) is 2.23. The zero-order valence-corrected chi connectivity index (χ0v) is 11.5. The molecule has 1 aliphatic carbocycles. The van der Waals surface area contributed by atoms with Gasteiger partial charge in [0.1, 0.15) is 5.82 Å². The second kappa shape index (κ2) is 5.19. The topological polar surface area (TPSA) is 69.6 Å². The maximum absolute atomic E-state index is 13.2. The summed E-state index contributed by atoms with van der Waals surface area (Å²) in [4.78, 5) is 0. The lowest BCUT2D eigenvalue weighted by Gasteiger charge is -2.29. The molecule has 106 valence electrons. The molecule has 0 amide bonds. The maximum Gasteiger partial charge on any atom is 0.184 e. The second-order valence-corrected chi connectivity index (χ2v) is 5.51. The van der Waals surface area contributed by atoms with E-state index in [1.165, 1.54) is 31.4 Å². The molecule has 1 aliphatic rings. The molecule has 1 fully saturated rings. The fraction of sp³-hybridized carbons (Fsp3) is 0.500. The number of tetrazole rings is 1. The van der Waals surface area contributed by atoms with Gasteiger partial charge in [-0.3, -0.25) is 0 Å². The first kappa shape index (κ1) is 13.0. The molecule has 1 aromatic heterocycles. The number of rotatable bonds is 2. The number of nitrogens with two attached hydrogens (primary N) is 1. The lowest BCUT2D eigenvalue weighted by atomic mass is 9.86. The van der Waals surface area contributed by atoms with Gasteiger partial charge in [-0.2, -0.15) is 0 Å². The van der Waals surface area contributed by atoms with Crippen LogP contribution in [0.5, 0.6) is 0 Å². The summed E-state index contributed by atoms with van der Waals surface area (Å²) < 4.78 is 15.0. The van der Waals surface area contributed by atoms with Crippen LogP contribution in [0, 0.1) is 11.7 Å². The van der Waals surface area contributed by atoms with Gasteiger partial charge in [-0.05, 0) is 47.4 Å². The Bertz CT molecular complexity index is 609. The van der Waals surface area contributed by atoms with Gasteiger partial charge in [0.25, 0.3) is 0 Å². The highest BCUT2D eigenvalue weighted by Crippen LogP contribution is 2.36. The highest BCUT2D eigenvalue weighted by Gasteiger charge is 2.27. The quantitative estimate of drug-likeness (QED) is 0.856. The normalized spacial score (nSPS) is 22.9. The summed E-state index contributed by atoms with van der Waals surface area (Å²) in [5.74, 6) is 0.810. The van der Waals surface area contributed by atoms with Crippen molar-refractivity contribution in [2.75, 3.05) is 5.73 Å². The molecule has 2 N–H and O–H groups in total. The first-order valence-electron chi connectivity index (χ1n) is 7.00. The van der Waals surface area contributed by atoms with Crippen molar-refractivity contribution in [2.45, 2.75) is 38.6 Å². The third-order valence-corrected chi connectivity index (χ3v) is 4.13. The van der Waals surface area contributed by atoms with Crippen molar-refractivity contribution >= 4 is 5.69 Å². The third kappa shape index (κ3) is 2.26. The summed E-state index contributed by atoms with van der Waals surface area (Å²) in [7, 11) is 0. The van der Waals surface area contributed by atoms with Gasteiger partial charge in [-0.15, -0.1) is 5.10 Å². The SMILES string of the molecule is CC1CCCCC1n1nnnc1-c1ccc(F)cc1N. The second-order valence-electron chi connectivity index (χ2n) is 5.51. The van der Waals surface area contributed by atoms with E-state index in [0.717, 1.165) is 6.42 Å². The third-order valence-electron chi connectivity index (χ3n) is 4.13. The molecule has 0 saturated heterocycles. The molecule has 3 rings (SSSR count). The number of halogens is 1. The number of nitrogens with zero attached hydrogens (tertiary/aromatic N) is 4. The Labute approximate surface area is 117 Å². The minimum atomic E-state index is -0.351. The lowest BCUT2D eigenvalue weighted by molar-refractivity contribution is 0.239. The maximum atomic E-state index is 13.2. The van der Waals surface area contributed by atoms with Gasteiger partial charge in [0, 0.05) is 11.3 Å². The van der Waals surface area contributed by atoms with Crippen LogP contribution in [-0.2, 0) is 0 Å². The summed E-state index contributed by atoms with van der Waals surface area (Å²) in [6, 6.07) is 4.62. The Hall–Kier alpha value is -1.98. The van der Waals surface area contributed by atoms with E-state index in [-0.39, 0.29) is 5.82 Å². The van der Waals surface area contributed by atoms with Crippen molar-refractivity contribution < 1.29 is 4.39 Å². The monoisotopic (exact) mass is 275 g/mol. The Morgan fingerprint density at radius 2 is 2.10 bits per heavy atom. The van der Waals surface area contributed by atoms with Crippen molar-refractivity contribution in [3.05, 3.63) is 24.0 Å². The van der Waals surface area contributed by atoms with Gasteiger partial charge in [0.15, 0.2) is 5.82 Å². The van der Waals surface area contributed by atoms with Crippen LogP contribution in [0.25, 0.3) is 11.4 Å². The minimum absolute atomic E-state index is 0.290. The molecule has 1 saturated carbocycles. The molecule has 0 aliphatic heterocycles. The summed E-state index contributed by atoms with van der Waals surface area (Å²) in [5.41, 5.74) is 6.95. The fourth-order valence-corrected chi connectivity index (χ4v) is 2.99. The molecule has 20 heavy (non-hydrogen) atoms. The molecular weight excluding hydrogens is 257 g/mol. The largest absolute Gasteiger partial charge is 0.398 e. The summed E-state index contributed by atoms with van der Waals surface area (Å²) in [5, 5.41) is 12.0. The molecule has 2 unspecified atom stereocenters. The van der Waals surface area contributed by atoms with Crippen LogP contribution in [0.3, 0.4) is 0 Å². The van der Waals surface area contributed by atoms with Crippen LogP contribution in [0.15, 0.2) is 18.2 Å². The van der Waals surface area contributed by atoms with E-state index in [1.807, 2.05) is 4.68 Å². The highest BCUT2D eigenvalue weighted by molar-refractivity contribution is 5.71. The number of aromatic nitrogens is 4. The molecule has 0 radical (unpaired) electrons. The smallest absolute Gasteiger partial charge is 0.184 e. The molecule has 2 aromatic rings. The molecule has 1 aromatic carbocycles. The van der Waals surface area contributed by atoms with Gasteiger partial charge < -0.3 is 5.73 Å². The number of hydrogen-bond acceptors (Lipinski definition) is 4. The van der Waals surface area contributed by atoms with Gasteiger partial charge in [-0.1, -0.05) is 19.8 Å². The first-order chi connectivity index (χ1) is 9.66. The van der Waals surface area contributed by atoms with Crippen LogP contribution < -0.4 is 5.73 Å². The van der Waals surface area contributed by atoms with Crippen LogP contribution in [0.4, 0.5) is 10.1 Å². The van der Waals surface area contributed by atoms with Crippen LogP contribution in [-0.4, -0.2) is 20.2 Å². The molecule has 0 spiro atoms. The summed E-state index contributed by atoms with van der Waals surface area (Å²) >= 11 is 0. The van der Waals surface area contributed by atoms with Gasteiger partial charge in [-0.25, -0.2) is 9.07 Å². The molecular formula is C14H18FN5. The van der Waals surface area contributed by atoms with E-state index in [9.17, 15) is 4.39 Å². The van der Waals surface area contributed by atoms with E-state index in [0.29, 0.717) is 29.0 Å². The van der Waals surface area contributed by atoms with Crippen molar-refractivity contribution in [1.29, 1.82) is 0 Å². The van der Waals surface area contributed by atoms with E-state index >= 15 is 0 Å². The highest BCUT2D eigenvalue weighted by atomic mass is 19.1. The number of hydrogen-bond donors (Lipinski definition) is 1.